The molecule has 2 aliphatic carbocycles. The molecule has 0 fully saturated rings. The topological polar surface area (TPSA) is 18.5 Å². The molecular formula is C78H50O2. The highest BCUT2D eigenvalue weighted by molar-refractivity contribution is 6.34. The van der Waals surface area contributed by atoms with Crippen molar-refractivity contribution in [2.24, 2.45) is 0 Å². The van der Waals surface area contributed by atoms with E-state index in [4.69, 9.17) is 9.47 Å². The van der Waals surface area contributed by atoms with Crippen LogP contribution in [0.15, 0.2) is 267 Å². The maximum Gasteiger partial charge on any atom is 0.118 e. The summed E-state index contributed by atoms with van der Waals surface area (Å²) < 4.78 is 11.7. The van der Waals surface area contributed by atoms with Crippen LogP contribution in [0.2, 0.25) is 0 Å². The summed E-state index contributed by atoms with van der Waals surface area (Å²) in [6.45, 7) is 0. The standard InChI is InChI=1S/C78H50O2/c1-79-53-37-33-51(34-38-53)69-73-55(47-19-7-3-8-20-47)41-42-56(48-21-9-4-10-22-48)74(73)70(52-35-39-54(80-2)40-36-52)78-66-46-44-58(60-30-18-32-64(72(60)66)77(69)78)57-43-45-65-71-59(57)29-17-31-63(71)75-67(49-23-11-5-12-24-49)61-27-15-16-28-62(61)68(76(65)75)50-25-13-6-14-26-50/h3-46H,1-2H3. The first kappa shape index (κ1) is 45.9. The molecule has 0 N–H and O–H groups in total. The van der Waals surface area contributed by atoms with Gasteiger partial charge in [-0.15, -0.1) is 0 Å². The second-order valence-electron chi connectivity index (χ2n) is 21.2. The van der Waals surface area contributed by atoms with Crippen molar-refractivity contribution in [3.05, 3.63) is 267 Å². The summed E-state index contributed by atoms with van der Waals surface area (Å²) in [6.07, 6.45) is 0. The Morgan fingerprint density at radius 2 is 0.463 bits per heavy atom. The number of fused-ring (bicyclic) bond motifs is 8. The minimum atomic E-state index is 0.821. The number of methoxy groups -OCH3 is 2. The molecule has 0 spiro atoms. The van der Waals surface area contributed by atoms with Crippen LogP contribution < -0.4 is 9.47 Å². The largest absolute Gasteiger partial charge is 0.497 e. The summed E-state index contributed by atoms with van der Waals surface area (Å²) >= 11 is 0. The highest BCUT2D eigenvalue weighted by Gasteiger charge is 2.35. The van der Waals surface area contributed by atoms with Gasteiger partial charge in [0.1, 0.15) is 11.5 Å². The highest BCUT2D eigenvalue weighted by atomic mass is 16.5. The van der Waals surface area contributed by atoms with E-state index in [-0.39, 0.29) is 0 Å². The number of ether oxygens (including phenoxy) is 2. The van der Waals surface area contributed by atoms with E-state index >= 15 is 0 Å². The van der Waals surface area contributed by atoms with Gasteiger partial charge >= 0.3 is 0 Å². The monoisotopic (exact) mass is 1020 g/mol. The Hall–Kier alpha value is -10.3. The van der Waals surface area contributed by atoms with Crippen molar-refractivity contribution in [1.29, 1.82) is 0 Å². The van der Waals surface area contributed by atoms with Crippen LogP contribution in [-0.4, -0.2) is 14.2 Å². The van der Waals surface area contributed by atoms with Crippen molar-refractivity contribution >= 4 is 43.1 Å². The number of hydrogen-bond donors (Lipinski definition) is 0. The molecule has 0 atom stereocenters. The summed E-state index contributed by atoms with van der Waals surface area (Å²) in [5.74, 6) is 1.64. The Balaban J connectivity index is 1.02. The lowest BCUT2D eigenvalue weighted by molar-refractivity contribution is 0.415. The fraction of sp³-hybridized carbons (Fsp3) is 0.0256. The fourth-order valence-electron chi connectivity index (χ4n) is 13.9. The molecule has 0 saturated heterocycles. The zero-order chi connectivity index (χ0) is 53.0. The van der Waals surface area contributed by atoms with Gasteiger partial charge in [-0.1, -0.05) is 243 Å². The summed E-state index contributed by atoms with van der Waals surface area (Å²) in [7, 11) is 3.49. The second kappa shape index (κ2) is 18.2. The van der Waals surface area contributed by atoms with Crippen LogP contribution in [0.1, 0.15) is 0 Å². The first-order valence-electron chi connectivity index (χ1n) is 27.6. The first-order valence-corrected chi connectivity index (χ1v) is 27.6. The Morgan fingerprint density at radius 3 is 0.838 bits per heavy atom. The molecule has 2 aliphatic rings. The fourth-order valence-corrected chi connectivity index (χ4v) is 13.9. The Morgan fingerprint density at radius 1 is 0.175 bits per heavy atom. The molecule has 14 aromatic carbocycles. The molecule has 0 radical (unpaired) electrons. The van der Waals surface area contributed by atoms with Crippen LogP contribution >= 0.6 is 0 Å². The summed E-state index contributed by atoms with van der Waals surface area (Å²) in [4.78, 5) is 0. The lowest BCUT2D eigenvalue weighted by Crippen LogP contribution is -1.98. The third-order valence-corrected chi connectivity index (χ3v) is 17.2. The zero-order valence-corrected chi connectivity index (χ0v) is 44.2. The van der Waals surface area contributed by atoms with Crippen LogP contribution in [0.25, 0.3) is 165 Å². The van der Waals surface area contributed by atoms with Gasteiger partial charge in [-0.2, -0.15) is 0 Å². The number of hydrogen-bond acceptors (Lipinski definition) is 2. The summed E-state index contributed by atoms with van der Waals surface area (Å²) in [5.41, 5.74) is 26.9. The van der Waals surface area contributed by atoms with Gasteiger partial charge in [0.25, 0.3) is 0 Å². The van der Waals surface area contributed by atoms with Gasteiger partial charge in [0, 0.05) is 0 Å². The van der Waals surface area contributed by atoms with Crippen LogP contribution in [0, 0.1) is 0 Å². The Labute approximate surface area is 465 Å². The van der Waals surface area contributed by atoms with Gasteiger partial charge in [-0.25, -0.2) is 0 Å². The van der Waals surface area contributed by atoms with Crippen molar-refractivity contribution in [3.63, 3.8) is 0 Å². The molecule has 0 aromatic heterocycles. The van der Waals surface area contributed by atoms with Gasteiger partial charge in [0.05, 0.1) is 14.2 Å². The molecule has 0 amide bonds. The van der Waals surface area contributed by atoms with Crippen molar-refractivity contribution in [2.45, 2.75) is 0 Å². The van der Waals surface area contributed by atoms with Crippen molar-refractivity contribution < 1.29 is 9.47 Å². The van der Waals surface area contributed by atoms with Gasteiger partial charge < -0.3 is 9.47 Å². The Kier molecular flexibility index (Phi) is 10.4. The third kappa shape index (κ3) is 6.73. The highest BCUT2D eigenvalue weighted by Crippen LogP contribution is 2.63. The van der Waals surface area contributed by atoms with E-state index in [1.807, 2.05) is 0 Å². The van der Waals surface area contributed by atoms with E-state index in [0.717, 1.165) is 33.8 Å². The molecule has 80 heavy (non-hydrogen) atoms. The van der Waals surface area contributed by atoms with Crippen molar-refractivity contribution in [3.8, 4) is 134 Å². The third-order valence-electron chi connectivity index (χ3n) is 17.2. The minimum Gasteiger partial charge on any atom is -0.497 e. The Bertz CT molecular complexity index is 4590. The van der Waals surface area contributed by atoms with Gasteiger partial charge in [0.15, 0.2) is 0 Å². The van der Waals surface area contributed by atoms with Gasteiger partial charge in [0.2, 0.25) is 0 Å². The average Bonchev–Trinajstić information content (AvgIpc) is 3.22. The van der Waals surface area contributed by atoms with E-state index < -0.39 is 0 Å². The maximum atomic E-state index is 5.83. The predicted molar refractivity (Wildman–Crippen MR) is 336 cm³/mol. The molecule has 2 heteroatoms. The first-order chi connectivity index (χ1) is 39.7. The lowest BCUT2D eigenvalue weighted by Gasteiger charge is -2.25. The SMILES string of the molecule is COc1ccc(-c2c3c(c(-c4ccc(OC)cc4)c4c(-c5ccccc5)ccc(-c5ccccc5)c24)-c2ccc(-c4ccc5c6c(cccc46)-c4c-5c(-c5ccccc5)c5ccccc5c4-c4ccccc4)c4cccc-3c24)cc1. The van der Waals surface area contributed by atoms with Crippen LogP contribution in [0.5, 0.6) is 11.5 Å². The predicted octanol–water partition coefficient (Wildman–Crippen LogP) is 21.3. The van der Waals surface area contributed by atoms with Crippen LogP contribution in [-0.2, 0) is 0 Å². The van der Waals surface area contributed by atoms with E-state index in [9.17, 15) is 0 Å². The van der Waals surface area contributed by atoms with Gasteiger partial charge in [-0.05, 0) is 190 Å². The molecule has 374 valence electrons. The molecule has 0 aliphatic heterocycles. The van der Waals surface area contributed by atoms with Crippen molar-refractivity contribution in [1.82, 2.24) is 0 Å². The molecule has 16 rings (SSSR count). The normalized spacial score (nSPS) is 11.9. The molecule has 2 nitrogen and oxygen atoms in total. The summed E-state index contributed by atoms with van der Waals surface area (Å²) in [5, 5.41) is 9.98. The quantitative estimate of drug-likeness (QED) is 0.143. The molecule has 0 heterocycles. The van der Waals surface area contributed by atoms with E-state index in [1.165, 1.54) is 143 Å². The van der Waals surface area contributed by atoms with Crippen molar-refractivity contribution in [2.75, 3.05) is 14.2 Å². The number of benzene rings is 14. The number of rotatable bonds is 9. The van der Waals surface area contributed by atoms with Crippen LogP contribution in [0.4, 0.5) is 0 Å². The van der Waals surface area contributed by atoms with Crippen LogP contribution in [0.3, 0.4) is 0 Å². The molecule has 0 bridgehead atoms. The molecule has 14 aromatic rings. The maximum absolute atomic E-state index is 5.83. The molecule has 0 saturated carbocycles. The summed E-state index contributed by atoms with van der Waals surface area (Å²) in [6, 6.07) is 98.7. The molecular weight excluding hydrogens is 969 g/mol. The smallest absolute Gasteiger partial charge is 0.118 e. The van der Waals surface area contributed by atoms with E-state index in [0.29, 0.717) is 0 Å². The van der Waals surface area contributed by atoms with E-state index in [1.54, 1.807) is 14.2 Å². The minimum absolute atomic E-state index is 0.821. The van der Waals surface area contributed by atoms with Gasteiger partial charge in [-0.3, -0.25) is 0 Å². The zero-order valence-electron chi connectivity index (χ0n) is 44.2. The average molecular weight is 1020 g/mol. The lowest BCUT2D eigenvalue weighted by atomic mass is 9.78. The second-order valence-corrected chi connectivity index (χ2v) is 21.2. The molecule has 0 unspecified atom stereocenters. The van der Waals surface area contributed by atoms with E-state index in [2.05, 4.69) is 267 Å².